The molecular formula is C17H19Cl3N2O2S. The van der Waals surface area contributed by atoms with Crippen molar-refractivity contribution in [1.29, 1.82) is 0 Å². The van der Waals surface area contributed by atoms with Gasteiger partial charge in [0.15, 0.2) is 0 Å². The summed E-state index contributed by atoms with van der Waals surface area (Å²) in [5.41, 5.74) is 1.23. The second-order valence-electron chi connectivity index (χ2n) is 5.72. The van der Waals surface area contributed by atoms with Gasteiger partial charge in [-0.15, -0.1) is 12.4 Å². The Kier molecular flexibility index (Phi) is 7.14. The minimum Gasteiger partial charge on any atom is -0.296 e. The first-order valence-electron chi connectivity index (χ1n) is 7.69. The molecule has 1 fully saturated rings. The zero-order valence-electron chi connectivity index (χ0n) is 13.4. The molecule has 0 atom stereocenters. The highest BCUT2D eigenvalue weighted by molar-refractivity contribution is 7.89. The number of piperazine rings is 1. The van der Waals surface area contributed by atoms with Gasteiger partial charge in [-0.05, 0) is 17.7 Å². The fraction of sp³-hybridized carbons (Fsp3) is 0.294. The Labute approximate surface area is 164 Å². The molecule has 25 heavy (non-hydrogen) atoms. The lowest BCUT2D eigenvalue weighted by molar-refractivity contribution is 0.181. The normalized spacial score (nSPS) is 16.4. The third-order valence-corrected chi connectivity index (χ3v) is 6.99. The lowest BCUT2D eigenvalue weighted by Gasteiger charge is -2.34. The molecule has 0 spiro atoms. The second-order valence-corrected chi connectivity index (χ2v) is 8.41. The first kappa shape index (κ1) is 20.5. The van der Waals surface area contributed by atoms with Crippen LogP contribution in [-0.2, 0) is 16.6 Å². The average molecular weight is 422 g/mol. The van der Waals surface area contributed by atoms with Crippen molar-refractivity contribution >= 4 is 45.6 Å². The SMILES string of the molecule is Cl.O=S(=O)(c1cccc(Cl)c1Cl)N1CCN(Cc2ccccc2)CC1. The Morgan fingerprint density at radius 2 is 1.52 bits per heavy atom. The van der Waals surface area contributed by atoms with Crippen LogP contribution in [0.15, 0.2) is 53.4 Å². The van der Waals surface area contributed by atoms with Crippen molar-refractivity contribution in [3.05, 3.63) is 64.1 Å². The quantitative estimate of drug-likeness (QED) is 0.751. The first-order chi connectivity index (χ1) is 11.5. The molecule has 1 aliphatic rings. The van der Waals surface area contributed by atoms with Crippen molar-refractivity contribution in [3.63, 3.8) is 0 Å². The van der Waals surface area contributed by atoms with Crippen LogP contribution in [0, 0.1) is 0 Å². The van der Waals surface area contributed by atoms with Gasteiger partial charge in [0.25, 0.3) is 0 Å². The standard InChI is InChI=1S/C17H18Cl2N2O2S.ClH/c18-15-7-4-8-16(17(15)19)24(22,23)21-11-9-20(10-12-21)13-14-5-2-1-3-6-14;/h1-8H,9-13H2;1H. The van der Waals surface area contributed by atoms with Gasteiger partial charge in [0, 0.05) is 32.7 Å². The van der Waals surface area contributed by atoms with Gasteiger partial charge in [0.2, 0.25) is 10.0 Å². The molecule has 0 aliphatic carbocycles. The smallest absolute Gasteiger partial charge is 0.244 e. The second kappa shape index (κ2) is 8.71. The van der Waals surface area contributed by atoms with E-state index in [-0.39, 0.29) is 27.3 Å². The van der Waals surface area contributed by atoms with Crippen LogP contribution >= 0.6 is 35.6 Å². The average Bonchev–Trinajstić information content (AvgIpc) is 2.58. The Morgan fingerprint density at radius 1 is 0.880 bits per heavy atom. The highest BCUT2D eigenvalue weighted by Gasteiger charge is 2.30. The molecule has 1 aliphatic heterocycles. The minimum absolute atomic E-state index is 0. The molecule has 0 saturated carbocycles. The predicted octanol–water partition coefficient (Wildman–Crippen LogP) is 3.92. The summed E-state index contributed by atoms with van der Waals surface area (Å²) in [6.45, 7) is 3.08. The molecule has 0 N–H and O–H groups in total. The summed E-state index contributed by atoms with van der Waals surface area (Å²) in [6.07, 6.45) is 0. The molecule has 8 heteroatoms. The summed E-state index contributed by atoms with van der Waals surface area (Å²) in [5, 5.41) is 0.339. The van der Waals surface area contributed by atoms with Crippen LogP contribution in [0.2, 0.25) is 10.0 Å². The van der Waals surface area contributed by atoms with Crippen LogP contribution in [0.5, 0.6) is 0 Å². The van der Waals surface area contributed by atoms with Crippen LogP contribution in [0.25, 0.3) is 0 Å². The summed E-state index contributed by atoms with van der Waals surface area (Å²) in [7, 11) is -3.62. The van der Waals surface area contributed by atoms with Crippen molar-refractivity contribution < 1.29 is 8.42 Å². The maximum atomic E-state index is 12.8. The van der Waals surface area contributed by atoms with Gasteiger partial charge in [0.1, 0.15) is 4.90 Å². The van der Waals surface area contributed by atoms with E-state index < -0.39 is 10.0 Å². The third kappa shape index (κ3) is 4.67. The molecule has 0 bridgehead atoms. The summed E-state index contributed by atoms with van der Waals surface area (Å²) >= 11 is 12.0. The summed E-state index contributed by atoms with van der Waals surface area (Å²) in [4.78, 5) is 2.33. The van der Waals surface area contributed by atoms with E-state index in [1.54, 1.807) is 12.1 Å². The molecule has 1 saturated heterocycles. The van der Waals surface area contributed by atoms with Gasteiger partial charge in [-0.2, -0.15) is 4.31 Å². The number of hydrogen-bond donors (Lipinski definition) is 0. The van der Waals surface area contributed by atoms with E-state index in [9.17, 15) is 8.42 Å². The Hall–Kier alpha value is -0.820. The largest absolute Gasteiger partial charge is 0.296 e. The minimum atomic E-state index is -3.62. The highest BCUT2D eigenvalue weighted by Crippen LogP contribution is 2.31. The van der Waals surface area contributed by atoms with Crippen molar-refractivity contribution in [2.45, 2.75) is 11.4 Å². The van der Waals surface area contributed by atoms with Crippen LogP contribution < -0.4 is 0 Å². The maximum absolute atomic E-state index is 12.8. The van der Waals surface area contributed by atoms with Gasteiger partial charge >= 0.3 is 0 Å². The van der Waals surface area contributed by atoms with Crippen molar-refractivity contribution in [2.75, 3.05) is 26.2 Å². The third-order valence-electron chi connectivity index (χ3n) is 4.11. The van der Waals surface area contributed by atoms with E-state index in [1.165, 1.54) is 15.9 Å². The van der Waals surface area contributed by atoms with Crippen LogP contribution in [0.4, 0.5) is 0 Å². The maximum Gasteiger partial charge on any atom is 0.244 e. The summed E-state index contributed by atoms with van der Waals surface area (Å²) < 4.78 is 27.1. The number of rotatable bonds is 4. The molecule has 0 unspecified atom stereocenters. The van der Waals surface area contributed by atoms with E-state index in [1.807, 2.05) is 18.2 Å². The van der Waals surface area contributed by atoms with Gasteiger partial charge in [-0.25, -0.2) is 8.42 Å². The summed E-state index contributed by atoms with van der Waals surface area (Å²) in [5.74, 6) is 0. The number of sulfonamides is 1. The predicted molar refractivity (Wildman–Crippen MR) is 104 cm³/mol. The van der Waals surface area contributed by atoms with E-state index in [0.717, 1.165) is 6.54 Å². The zero-order valence-corrected chi connectivity index (χ0v) is 16.6. The van der Waals surface area contributed by atoms with Crippen LogP contribution in [0.3, 0.4) is 0 Å². The van der Waals surface area contributed by atoms with Gasteiger partial charge < -0.3 is 0 Å². The zero-order chi connectivity index (χ0) is 17.2. The van der Waals surface area contributed by atoms with Gasteiger partial charge in [0.05, 0.1) is 10.0 Å². The molecule has 1 heterocycles. The number of benzene rings is 2. The molecule has 4 nitrogen and oxygen atoms in total. The van der Waals surface area contributed by atoms with Gasteiger partial charge in [-0.1, -0.05) is 59.6 Å². The van der Waals surface area contributed by atoms with E-state index >= 15 is 0 Å². The Bertz CT molecular complexity index is 808. The molecule has 3 rings (SSSR count). The van der Waals surface area contributed by atoms with Crippen molar-refractivity contribution in [3.8, 4) is 0 Å². The fourth-order valence-electron chi connectivity index (χ4n) is 2.79. The monoisotopic (exact) mass is 420 g/mol. The Morgan fingerprint density at radius 3 is 2.16 bits per heavy atom. The lowest BCUT2D eigenvalue weighted by Crippen LogP contribution is -2.48. The van der Waals surface area contributed by atoms with E-state index in [0.29, 0.717) is 26.2 Å². The highest BCUT2D eigenvalue weighted by atomic mass is 35.5. The lowest BCUT2D eigenvalue weighted by atomic mass is 10.2. The molecule has 136 valence electrons. The molecule has 0 aromatic heterocycles. The molecule has 0 radical (unpaired) electrons. The van der Waals surface area contributed by atoms with E-state index in [4.69, 9.17) is 23.2 Å². The summed E-state index contributed by atoms with van der Waals surface area (Å²) in [6, 6.07) is 14.9. The molecule has 2 aromatic rings. The topological polar surface area (TPSA) is 40.6 Å². The van der Waals surface area contributed by atoms with Crippen LogP contribution in [0.1, 0.15) is 5.56 Å². The first-order valence-corrected chi connectivity index (χ1v) is 9.88. The molecule has 2 aromatic carbocycles. The van der Waals surface area contributed by atoms with Crippen LogP contribution in [-0.4, -0.2) is 43.8 Å². The molecular weight excluding hydrogens is 403 g/mol. The van der Waals surface area contributed by atoms with Crippen molar-refractivity contribution in [1.82, 2.24) is 9.21 Å². The fourth-order valence-corrected chi connectivity index (χ4v) is 4.95. The Balaban J connectivity index is 0.00000225. The number of halogens is 3. The van der Waals surface area contributed by atoms with Gasteiger partial charge in [-0.3, -0.25) is 4.90 Å². The van der Waals surface area contributed by atoms with Crippen molar-refractivity contribution in [2.24, 2.45) is 0 Å². The number of hydrogen-bond acceptors (Lipinski definition) is 3. The van der Waals surface area contributed by atoms with E-state index in [2.05, 4.69) is 17.0 Å². The number of nitrogens with zero attached hydrogens (tertiary/aromatic N) is 2. The molecule has 0 amide bonds.